The van der Waals surface area contributed by atoms with E-state index in [0.29, 0.717) is 20.8 Å². The molecule has 0 spiro atoms. The summed E-state index contributed by atoms with van der Waals surface area (Å²) in [7, 11) is 0. The quantitative estimate of drug-likeness (QED) is 0.422. The molecule has 20 heavy (non-hydrogen) atoms. The second-order valence-corrected chi connectivity index (χ2v) is 5.52. The van der Waals surface area contributed by atoms with Crippen LogP contribution in [0.25, 0.3) is 0 Å². The smallest absolute Gasteiger partial charge is 0.312 e. The van der Waals surface area contributed by atoms with Gasteiger partial charge in [-0.3, -0.25) is 14.9 Å². The molecule has 2 aromatic rings. The summed E-state index contributed by atoms with van der Waals surface area (Å²) in [5.74, 6) is 0.307. The van der Waals surface area contributed by atoms with E-state index >= 15 is 0 Å². The van der Waals surface area contributed by atoms with E-state index in [1.54, 1.807) is 24.3 Å². The molecule has 0 aliphatic heterocycles. The van der Waals surface area contributed by atoms with Gasteiger partial charge in [0.25, 0.3) is 0 Å². The van der Waals surface area contributed by atoms with Crippen LogP contribution in [0, 0.1) is 10.1 Å². The standard InChI is InChI=1S/C13H7Br2NO4/c14-9-4-5-12(8(6-9)7-17)20-13-10(15)2-1-3-11(13)16(18)19/h1-7H. The van der Waals surface area contributed by atoms with Crippen LogP contribution in [0.1, 0.15) is 10.4 Å². The molecule has 0 unspecified atom stereocenters. The molecule has 2 rings (SSSR count). The van der Waals surface area contributed by atoms with Crippen molar-refractivity contribution in [1.82, 2.24) is 0 Å². The lowest BCUT2D eigenvalue weighted by Gasteiger charge is -2.10. The first-order chi connectivity index (χ1) is 9.52. The second kappa shape index (κ2) is 6.15. The van der Waals surface area contributed by atoms with E-state index in [2.05, 4.69) is 31.9 Å². The summed E-state index contributed by atoms with van der Waals surface area (Å²) < 4.78 is 6.69. The van der Waals surface area contributed by atoms with E-state index in [4.69, 9.17) is 4.74 Å². The van der Waals surface area contributed by atoms with Gasteiger partial charge in [0.15, 0.2) is 6.29 Å². The van der Waals surface area contributed by atoms with Crippen molar-refractivity contribution >= 4 is 43.8 Å². The highest BCUT2D eigenvalue weighted by atomic mass is 79.9. The molecule has 7 heteroatoms. The third-order valence-electron chi connectivity index (χ3n) is 2.45. The Morgan fingerprint density at radius 1 is 1.20 bits per heavy atom. The molecule has 0 radical (unpaired) electrons. The molecule has 0 aliphatic rings. The molecule has 0 atom stereocenters. The number of aldehydes is 1. The van der Waals surface area contributed by atoms with E-state index in [1.165, 1.54) is 12.1 Å². The summed E-state index contributed by atoms with van der Waals surface area (Å²) in [6.45, 7) is 0. The molecule has 0 saturated carbocycles. The van der Waals surface area contributed by atoms with Gasteiger partial charge in [-0.25, -0.2) is 0 Å². The van der Waals surface area contributed by atoms with Crippen molar-refractivity contribution in [2.75, 3.05) is 0 Å². The lowest BCUT2D eigenvalue weighted by molar-refractivity contribution is -0.385. The van der Waals surface area contributed by atoms with Crippen LogP contribution in [-0.4, -0.2) is 11.2 Å². The molecular weight excluding hydrogens is 394 g/mol. The van der Waals surface area contributed by atoms with Crippen molar-refractivity contribution in [3.05, 3.63) is 61.0 Å². The average molecular weight is 401 g/mol. The number of carbonyl (C=O) groups is 1. The number of hydrogen-bond acceptors (Lipinski definition) is 4. The number of carbonyl (C=O) groups excluding carboxylic acids is 1. The van der Waals surface area contributed by atoms with Crippen LogP contribution in [-0.2, 0) is 0 Å². The molecule has 0 saturated heterocycles. The van der Waals surface area contributed by atoms with Crippen molar-refractivity contribution in [3.63, 3.8) is 0 Å². The van der Waals surface area contributed by atoms with Gasteiger partial charge in [0.1, 0.15) is 5.75 Å². The van der Waals surface area contributed by atoms with Crippen LogP contribution in [0.5, 0.6) is 11.5 Å². The van der Waals surface area contributed by atoms with Gasteiger partial charge in [0, 0.05) is 10.5 Å². The number of halogens is 2. The molecule has 102 valence electrons. The highest BCUT2D eigenvalue weighted by Crippen LogP contribution is 2.39. The first-order valence-corrected chi connectivity index (χ1v) is 6.97. The van der Waals surface area contributed by atoms with Crippen LogP contribution in [0.2, 0.25) is 0 Å². The fourth-order valence-electron chi connectivity index (χ4n) is 1.56. The number of nitro groups is 1. The number of nitro benzene ring substituents is 1. The molecule has 2 aromatic carbocycles. The van der Waals surface area contributed by atoms with Crippen LogP contribution >= 0.6 is 31.9 Å². The Labute approximate surface area is 131 Å². The number of ether oxygens (including phenoxy) is 1. The van der Waals surface area contributed by atoms with E-state index < -0.39 is 4.92 Å². The number of para-hydroxylation sites is 1. The summed E-state index contributed by atoms with van der Waals surface area (Å²) in [5, 5.41) is 11.0. The summed E-state index contributed by atoms with van der Waals surface area (Å²) in [4.78, 5) is 21.5. The summed E-state index contributed by atoms with van der Waals surface area (Å²) >= 11 is 6.45. The Balaban J connectivity index is 2.50. The third kappa shape index (κ3) is 3.05. The van der Waals surface area contributed by atoms with E-state index in [1.807, 2.05) is 0 Å². The van der Waals surface area contributed by atoms with Gasteiger partial charge in [-0.1, -0.05) is 22.0 Å². The largest absolute Gasteiger partial charge is 0.448 e. The van der Waals surface area contributed by atoms with E-state index in [0.717, 1.165) is 0 Å². The third-order valence-corrected chi connectivity index (χ3v) is 3.57. The van der Waals surface area contributed by atoms with Crippen molar-refractivity contribution in [2.45, 2.75) is 0 Å². The van der Waals surface area contributed by atoms with Crippen molar-refractivity contribution in [1.29, 1.82) is 0 Å². The monoisotopic (exact) mass is 399 g/mol. The molecular formula is C13H7Br2NO4. The van der Waals surface area contributed by atoms with Crippen LogP contribution in [0.3, 0.4) is 0 Å². The predicted octanol–water partition coefficient (Wildman–Crippen LogP) is 4.72. The van der Waals surface area contributed by atoms with Gasteiger partial charge in [0.05, 0.1) is 15.0 Å². The maximum atomic E-state index is 11.0. The van der Waals surface area contributed by atoms with Crippen molar-refractivity contribution in [2.24, 2.45) is 0 Å². The fraction of sp³-hybridized carbons (Fsp3) is 0. The fourth-order valence-corrected chi connectivity index (χ4v) is 2.37. The Morgan fingerprint density at radius 3 is 2.60 bits per heavy atom. The first-order valence-electron chi connectivity index (χ1n) is 5.38. The van der Waals surface area contributed by atoms with Crippen LogP contribution < -0.4 is 4.74 Å². The first kappa shape index (κ1) is 14.7. The lowest BCUT2D eigenvalue weighted by atomic mass is 10.2. The molecule has 0 bridgehead atoms. The van der Waals surface area contributed by atoms with E-state index in [-0.39, 0.29) is 17.2 Å². The van der Waals surface area contributed by atoms with Crippen molar-refractivity contribution < 1.29 is 14.5 Å². The van der Waals surface area contributed by atoms with E-state index in [9.17, 15) is 14.9 Å². The highest BCUT2D eigenvalue weighted by Gasteiger charge is 2.19. The number of nitrogens with zero attached hydrogens (tertiary/aromatic N) is 1. The molecule has 0 aliphatic carbocycles. The number of benzene rings is 2. The summed E-state index contributed by atoms with van der Waals surface area (Å²) in [5.41, 5.74) is 0.114. The Morgan fingerprint density at radius 2 is 1.95 bits per heavy atom. The zero-order valence-electron chi connectivity index (χ0n) is 9.88. The van der Waals surface area contributed by atoms with Crippen LogP contribution in [0.4, 0.5) is 5.69 Å². The minimum Gasteiger partial charge on any atom is -0.448 e. The van der Waals surface area contributed by atoms with Gasteiger partial charge in [-0.15, -0.1) is 0 Å². The SMILES string of the molecule is O=Cc1cc(Br)ccc1Oc1c(Br)cccc1[N+](=O)[O-]. The molecule has 0 heterocycles. The van der Waals surface area contributed by atoms with Gasteiger partial charge in [0.2, 0.25) is 5.75 Å². The maximum absolute atomic E-state index is 11.0. The molecule has 0 aromatic heterocycles. The number of rotatable bonds is 4. The zero-order chi connectivity index (χ0) is 14.7. The van der Waals surface area contributed by atoms with Gasteiger partial charge < -0.3 is 4.74 Å². The van der Waals surface area contributed by atoms with Gasteiger partial charge in [-0.05, 0) is 40.2 Å². The second-order valence-electron chi connectivity index (χ2n) is 3.75. The van der Waals surface area contributed by atoms with Crippen molar-refractivity contribution in [3.8, 4) is 11.5 Å². The minimum absolute atomic E-state index is 0.0583. The Kier molecular flexibility index (Phi) is 4.51. The topological polar surface area (TPSA) is 69.4 Å². The Bertz CT molecular complexity index is 688. The minimum atomic E-state index is -0.542. The lowest BCUT2D eigenvalue weighted by Crippen LogP contribution is -1.96. The zero-order valence-corrected chi connectivity index (χ0v) is 13.0. The molecule has 5 nitrogen and oxygen atoms in total. The van der Waals surface area contributed by atoms with Gasteiger partial charge in [-0.2, -0.15) is 0 Å². The summed E-state index contributed by atoms with van der Waals surface area (Å²) in [6, 6.07) is 9.33. The highest BCUT2D eigenvalue weighted by molar-refractivity contribution is 9.10. The Hall–Kier alpha value is -1.73. The normalized spacial score (nSPS) is 10.1. The molecule has 0 fully saturated rings. The molecule has 0 amide bonds. The summed E-state index contributed by atoms with van der Waals surface area (Å²) in [6.07, 6.45) is 0.628. The predicted molar refractivity (Wildman–Crippen MR) is 80.4 cm³/mol. The number of hydrogen-bond donors (Lipinski definition) is 0. The maximum Gasteiger partial charge on any atom is 0.312 e. The molecule has 0 N–H and O–H groups in total. The van der Waals surface area contributed by atoms with Crippen LogP contribution in [0.15, 0.2) is 45.3 Å². The average Bonchev–Trinajstić information content (AvgIpc) is 2.42. The van der Waals surface area contributed by atoms with Gasteiger partial charge >= 0.3 is 5.69 Å².